The number of oxazole rings is 1. The molecule has 2 aromatic rings. The van der Waals surface area contributed by atoms with Crippen molar-refractivity contribution in [2.24, 2.45) is 5.92 Å². The highest BCUT2D eigenvalue weighted by Crippen LogP contribution is 2.25. The highest BCUT2D eigenvalue weighted by atomic mass is 35.5. The summed E-state index contributed by atoms with van der Waals surface area (Å²) in [5.74, 6) is 1.82. The molecule has 1 saturated carbocycles. The number of carbonyl (C=O) groups excluding carboxylic acids is 1. The highest BCUT2D eigenvalue weighted by Gasteiger charge is 2.18. The average molecular weight is 333 g/mol. The van der Waals surface area contributed by atoms with Crippen LogP contribution >= 0.6 is 11.6 Å². The van der Waals surface area contributed by atoms with Crippen LogP contribution in [0.5, 0.6) is 0 Å². The Kier molecular flexibility index (Phi) is 5.01. The molecule has 0 radical (unpaired) electrons. The molecule has 0 aliphatic heterocycles. The molecule has 1 aromatic carbocycles. The van der Waals surface area contributed by atoms with Gasteiger partial charge in [-0.15, -0.1) is 0 Å². The molecule has 1 aliphatic carbocycles. The van der Waals surface area contributed by atoms with Gasteiger partial charge in [-0.05, 0) is 43.9 Å². The first-order valence-electron chi connectivity index (χ1n) is 8.11. The Labute approximate surface area is 141 Å². The summed E-state index contributed by atoms with van der Waals surface area (Å²) in [6.45, 7) is 2.61. The van der Waals surface area contributed by atoms with Crippen LogP contribution in [0.1, 0.15) is 37.1 Å². The second kappa shape index (κ2) is 7.18. The minimum absolute atomic E-state index is 0.00550. The molecule has 0 atom stereocenters. The Hall–Kier alpha value is -1.81. The zero-order valence-electron chi connectivity index (χ0n) is 13.3. The number of nitrogens with zero attached hydrogens (tertiary/aromatic N) is 1. The van der Waals surface area contributed by atoms with Crippen molar-refractivity contribution in [3.63, 3.8) is 0 Å². The Balaban J connectivity index is 1.62. The van der Waals surface area contributed by atoms with E-state index in [0.29, 0.717) is 28.3 Å². The minimum Gasteiger partial charge on any atom is -0.441 e. The van der Waals surface area contributed by atoms with Crippen molar-refractivity contribution in [3.05, 3.63) is 40.7 Å². The first kappa shape index (κ1) is 16.1. The van der Waals surface area contributed by atoms with Gasteiger partial charge in [0, 0.05) is 17.1 Å². The molecule has 1 fully saturated rings. The zero-order valence-corrected chi connectivity index (χ0v) is 14.0. The molecule has 1 amide bonds. The summed E-state index contributed by atoms with van der Waals surface area (Å²) in [6.07, 6.45) is 5.27. The van der Waals surface area contributed by atoms with Gasteiger partial charge in [-0.1, -0.05) is 30.5 Å². The van der Waals surface area contributed by atoms with Crippen LogP contribution in [-0.2, 0) is 11.2 Å². The predicted octanol–water partition coefficient (Wildman–Crippen LogP) is 4.15. The Morgan fingerprint density at radius 2 is 2.17 bits per heavy atom. The molecular formula is C18H21ClN2O2. The number of halogens is 1. The number of hydrogen-bond donors (Lipinski definition) is 1. The molecule has 0 saturated heterocycles. The van der Waals surface area contributed by atoms with E-state index in [2.05, 4.69) is 10.3 Å². The lowest BCUT2D eigenvalue weighted by Gasteiger charge is -2.09. The van der Waals surface area contributed by atoms with E-state index < -0.39 is 0 Å². The van der Waals surface area contributed by atoms with Crippen LogP contribution in [0.15, 0.2) is 28.7 Å². The summed E-state index contributed by atoms with van der Waals surface area (Å²) in [7, 11) is 0. The quantitative estimate of drug-likeness (QED) is 0.894. The second-order valence-corrected chi connectivity index (χ2v) is 6.60. The molecule has 0 bridgehead atoms. The van der Waals surface area contributed by atoms with E-state index >= 15 is 0 Å². The number of hydrogen-bond acceptors (Lipinski definition) is 3. The maximum atomic E-state index is 12.1. The van der Waals surface area contributed by atoms with E-state index in [0.717, 1.165) is 12.1 Å². The molecule has 1 aliphatic rings. The van der Waals surface area contributed by atoms with Gasteiger partial charge in [-0.25, -0.2) is 4.98 Å². The van der Waals surface area contributed by atoms with Crippen LogP contribution in [0.4, 0.5) is 0 Å². The molecule has 0 unspecified atom stereocenters. The summed E-state index contributed by atoms with van der Waals surface area (Å²) in [6, 6.07) is 7.35. The van der Waals surface area contributed by atoms with Crippen molar-refractivity contribution in [2.45, 2.75) is 39.0 Å². The van der Waals surface area contributed by atoms with E-state index in [4.69, 9.17) is 16.0 Å². The van der Waals surface area contributed by atoms with Gasteiger partial charge in [0.25, 0.3) is 0 Å². The van der Waals surface area contributed by atoms with E-state index in [-0.39, 0.29) is 12.3 Å². The standard InChI is InChI=1S/C18H21ClN2O2/c1-12-16(10-17(22)20-11-13-5-2-3-6-13)21-18(23-12)14-7-4-8-15(19)9-14/h4,7-9,13H,2-3,5-6,10-11H2,1H3,(H,20,22). The second-order valence-electron chi connectivity index (χ2n) is 6.16. The van der Waals surface area contributed by atoms with E-state index in [9.17, 15) is 4.79 Å². The fourth-order valence-corrected chi connectivity index (χ4v) is 3.21. The van der Waals surface area contributed by atoms with Gasteiger partial charge in [-0.3, -0.25) is 4.79 Å². The molecule has 5 heteroatoms. The number of carbonyl (C=O) groups is 1. The number of nitrogens with one attached hydrogen (secondary N) is 1. The Morgan fingerprint density at radius 3 is 2.91 bits per heavy atom. The van der Waals surface area contributed by atoms with Crippen LogP contribution in [-0.4, -0.2) is 17.4 Å². The normalized spacial score (nSPS) is 15.0. The van der Waals surface area contributed by atoms with Gasteiger partial charge in [-0.2, -0.15) is 0 Å². The van der Waals surface area contributed by atoms with Crippen LogP contribution in [0.2, 0.25) is 5.02 Å². The number of benzene rings is 1. The SMILES string of the molecule is Cc1oc(-c2cccc(Cl)c2)nc1CC(=O)NCC1CCCC1. The molecular weight excluding hydrogens is 312 g/mol. The van der Waals surface area contributed by atoms with Crippen molar-refractivity contribution in [2.75, 3.05) is 6.54 Å². The lowest BCUT2D eigenvalue weighted by Crippen LogP contribution is -2.29. The summed E-state index contributed by atoms with van der Waals surface area (Å²) in [5.41, 5.74) is 1.50. The summed E-state index contributed by atoms with van der Waals surface area (Å²) >= 11 is 6.00. The predicted molar refractivity (Wildman–Crippen MR) is 90.4 cm³/mol. The third kappa shape index (κ3) is 4.14. The molecule has 3 rings (SSSR count). The van der Waals surface area contributed by atoms with Crippen molar-refractivity contribution in [1.29, 1.82) is 0 Å². The van der Waals surface area contributed by atoms with Crippen LogP contribution in [0.3, 0.4) is 0 Å². The lowest BCUT2D eigenvalue weighted by atomic mass is 10.1. The number of aryl methyl sites for hydroxylation is 1. The van der Waals surface area contributed by atoms with Crippen molar-refractivity contribution < 1.29 is 9.21 Å². The zero-order chi connectivity index (χ0) is 16.2. The van der Waals surface area contributed by atoms with E-state index in [1.165, 1.54) is 25.7 Å². The van der Waals surface area contributed by atoms with Gasteiger partial charge < -0.3 is 9.73 Å². The number of rotatable bonds is 5. The average Bonchev–Trinajstić information content (AvgIpc) is 3.16. The van der Waals surface area contributed by atoms with E-state index in [1.807, 2.05) is 19.1 Å². The fraction of sp³-hybridized carbons (Fsp3) is 0.444. The molecule has 23 heavy (non-hydrogen) atoms. The van der Waals surface area contributed by atoms with Gasteiger partial charge in [0.05, 0.1) is 12.1 Å². The maximum absolute atomic E-state index is 12.1. The van der Waals surface area contributed by atoms with Crippen molar-refractivity contribution in [3.8, 4) is 11.5 Å². The lowest BCUT2D eigenvalue weighted by molar-refractivity contribution is -0.120. The summed E-state index contributed by atoms with van der Waals surface area (Å²) < 4.78 is 5.68. The topological polar surface area (TPSA) is 55.1 Å². The van der Waals surface area contributed by atoms with Gasteiger partial charge >= 0.3 is 0 Å². The first-order valence-corrected chi connectivity index (χ1v) is 8.48. The third-order valence-electron chi connectivity index (χ3n) is 4.35. The van der Waals surface area contributed by atoms with E-state index in [1.54, 1.807) is 12.1 Å². The fourth-order valence-electron chi connectivity index (χ4n) is 3.02. The Bertz CT molecular complexity index is 690. The molecule has 4 nitrogen and oxygen atoms in total. The third-order valence-corrected chi connectivity index (χ3v) is 4.59. The highest BCUT2D eigenvalue weighted by molar-refractivity contribution is 6.30. The van der Waals surface area contributed by atoms with Crippen LogP contribution < -0.4 is 5.32 Å². The summed E-state index contributed by atoms with van der Waals surface area (Å²) in [5, 5.41) is 3.65. The van der Waals surface area contributed by atoms with Crippen LogP contribution in [0, 0.1) is 12.8 Å². The molecule has 122 valence electrons. The number of amides is 1. The smallest absolute Gasteiger partial charge is 0.226 e. The first-order chi connectivity index (χ1) is 11.1. The number of aromatic nitrogens is 1. The largest absolute Gasteiger partial charge is 0.441 e. The molecule has 1 aromatic heterocycles. The van der Waals surface area contributed by atoms with Crippen LogP contribution in [0.25, 0.3) is 11.5 Å². The van der Waals surface area contributed by atoms with Gasteiger partial charge in [0.1, 0.15) is 5.76 Å². The van der Waals surface area contributed by atoms with Crippen molar-refractivity contribution in [1.82, 2.24) is 10.3 Å². The summed E-state index contributed by atoms with van der Waals surface area (Å²) in [4.78, 5) is 16.6. The monoisotopic (exact) mass is 332 g/mol. The molecule has 0 spiro atoms. The molecule has 1 N–H and O–H groups in total. The maximum Gasteiger partial charge on any atom is 0.226 e. The van der Waals surface area contributed by atoms with Crippen molar-refractivity contribution >= 4 is 17.5 Å². The van der Waals surface area contributed by atoms with Gasteiger partial charge in [0.2, 0.25) is 11.8 Å². The molecule has 1 heterocycles. The van der Waals surface area contributed by atoms with Gasteiger partial charge in [0.15, 0.2) is 0 Å². The minimum atomic E-state index is 0.00550. The Morgan fingerprint density at radius 1 is 1.39 bits per heavy atom.